The summed E-state index contributed by atoms with van der Waals surface area (Å²) in [6.45, 7) is 4.37. The molecule has 2 aromatic rings. The highest BCUT2D eigenvalue weighted by atomic mass is 19.1. The SMILES string of the molecule is CCn1cc(C(C)(N)c2cc(F)cc(F)c2)cn1. The first kappa shape index (κ1) is 12.7. The molecule has 0 fully saturated rings. The monoisotopic (exact) mass is 251 g/mol. The van der Waals surface area contributed by atoms with Crippen LogP contribution in [0.5, 0.6) is 0 Å². The molecule has 1 atom stereocenters. The van der Waals surface area contributed by atoms with E-state index in [4.69, 9.17) is 5.73 Å². The lowest BCUT2D eigenvalue weighted by Crippen LogP contribution is -2.34. The Morgan fingerprint density at radius 2 is 1.83 bits per heavy atom. The minimum atomic E-state index is -0.976. The molecule has 0 saturated heterocycles. The number of aromatic nitrogens is 2. The highest BCUT2D eigenvalue weighted by molar-refractivity contribution is 5.35. The summed E-state index contributed by atoms with van der Waals surface area (Å²) >= 11 is 0. The number of rotatable bonds is 3. The van der Waals surface area contributed by atoms with Crippen LogP contribution in [0, 0.1) is 11.6 Å². The van der Waals surface area contributed by atoms with Gasteiger partial charge in [0.15, 0.2) is 0 Å². The van der Waals surface area contributed by atoms with E-state index in [1.54, 1.807) is 24.0 Å². The summed E-state index contributed by atoms with van der Waals surface area (Å²) in [5.41, 5.74) is 6.30. The lowest BCUT2D eigenvalue weighted by Gasteiger charge is -2.24. The summed E-state index contributed by atoms with van der Waals surface area (Å²) < 4.78 is 28.2. The van der Waals surface area contributed by atoms with Crippen molar-refractivity contribution in [1.82, 2.24) is 9.78 Å². The summed E-state index contributed by atoms with van der Waals surface area (Å²) in [5.74, 6) is -1.27. The molecule has 96 valence electrons. The maximum Gasteiger partial charge on any atom is 0.126 e. The van der Waals surface area contributed by atoms with E-state index < -0.39 is 17.2 Å². The third-order valence-electron chi connectivity index (χ3n) is 3.02. The number of halogens is 2. The minimum Gasteiger partial charge on any atom is -0.318 e. The van der Waals surface area contributed by atoms with Crippen LogP contribution in [0.4, 0.5) is 8.78 Å². The van der Waals surface area contributed by atoms with Crippen molar-refractivity contribution in [3.8, 4) is 0 Å². The van der Waals surface area contributed by atoms with Gasteiger partial charge in [0.1, 0.15) is 11.6 Å². The van der Waals surface area contributed by atoms with Gasteiger partial charge in [0.05, 0.1) is 11.7 Å². The van der Waals surface area contributed by atoms with Crippen molar-refractivity contribution in [1.29, 1.82) is 0 Å². The van der Waals surface area contributed by atoms with Crippen LogP contribution in [0.3, 0.4) is 0 Å². The lowest BCUT2D eigenvalue weighted by atomic mass is 9.87. The number of aryl methyl sites for hydroxylation is 1. The average Bonchev–Trinajstić information content (AvgIpc) is 2.76. The third kappa shape index (κ3) is 2.26. The van der Waals surface area contributed by atoms with Crippen molar-refractivity contribution in [2.45, 2.75) is 25.9 Å². The topological polar surface area (TPSA) is 43.8 Å². The smallest absolute Gasteiger partial charge is 0.126 e. The minimum absolute atomic E-state index is 0.385. The molecule has 0 spiro atoms. The fourth-order valence-electron chi connectivity index (χ4n) is 1.83. The molecule has 2 N–H and O–H groups in total. The Morgan fingerprint density at radius 3 is 2.33 bits per heavy atom. The van der Waals surface area contributed by atoms with Gasteiger partial charge in [-0.05, 0) is 31.5 Å². The van der Waals surface area contributed by atoms with E-state index in [2.05, 4.69) is 5.10 Å². The normalized spacial score (nSPS) is 14.5. The van der Waals surface area contributed by atoms with Crippen LogP contribution in [0.25, 0.3) is 0 Å². The van der Waals surface area contributed by atoms with E-state index >= 15 is 0 Å². The molecule has 1 aromatic heterocycles. The maximum absolute atomic E-state index is 13.2. The van der Waals surface area contributed by atoms with Gasteiger partial charge in [-0.15, -0.1) is 0 Å². The summed E-state index contributed by atoms with van der Waals surface area (Å²) in [6, 6.07) is 3.31. The standard InChI is InChI=1S/C13H15F2N3/c1-3-18-8-10(7-17-18)13(2,16)9-4-11(14)6-12(15)5-9/h4-8H,3,16H2,1-2H3. The molecule has 2 rings (SSSR count). The molecular weight excluding hydrogens is 236 g/mol. The van der Waals surface area contributed by atoms with Gasteiger partial charge >= 0.3 is 0 Å². The van der Waals surface area contributed by atoms with Gasteiger partial charge < -0.3 is 5.73 Å². The molecule has 0 saturated carbocycles. The maximum atomic E-state index is 13.2. The van der Waals surface area contributed by atoms with Crippen LogP contribution in [0.15, 0.2) is 30.6 Å². The number of nitrogens with zero attached hydrogens (tertiary/aromatic N) is 2. The molecule has 5 heteroatoms. The van der Waals surface area contributed by atoms with Gasteiger partial charge in [-0.25, -0.2) is 8.78 Å². The number of hydrogen-bond donors (Lipinski definition) is 1. The molecule has 0 bridgehead atoms. The van der Waals surface area contributed by atoms with Crippen molar-refractivity contribution >= 4 is 0 Å². The number of benzene rings is 1. The van der Waals surface area contributed by atoms with Gasteiger partial charge in [0, 0.05) is 24.4 Å². The lowest BCUT2D eigenvalue weighted by molar-refractivity contribution is 0.549. The van der Waals surface area contributed by atoms with Crippen LogP contribution in [0.1, 0.15) is 25.0 Å². The second kappa shape index (κ2) is 4.49. The average molecular weight is 251 g/mol. The molecule has 0 aliphatic rings. The van der Waals surface area contributed by atoms with Gasteiger partial charge in [0.2, 0.25) is 0 Å². The zero-order chi connectivity index (χ0) is 13.3. The second-order valence-electron chi connectivity index (χ2n) is 4.45. The largest absolute Gasteiger partial charge is 0.318 e. The third-order valence-corrected chi connectivity index (χ3v) is 3.02. The molecule has 18 heavy (non-hydrogen) atoms. The first-order valence-corrected chi connectivity index (χ1v) is 5.72. The van der Waals surface area contributed by atoms with E-state index in [-0.39, 0.29) is 0 Å². The first-order valence-electron chi connectivity index (χ1n) is 5.72. The number of hydrogen-bond acceptors (Lipinski definition) is 2. The fourth-order valence-corrected chi connectivity index (χ4v) is 1.83. The van der Waals surface area contributed by atoms with Gasteiger partial charge in [-0.3, -0.25) is 4.68 Å². The predicted molar refractivity (Wildman–Crippen MR) is 64.9 cm³/mol. The van der Waals surface area contributed by atoms with Crippen molar-refractivity contribution in [3.63, 3.8) is 0 Å². The van der Waals surface area contributed by atoms with E-state index in [0.717, 1.165) is 6.07 Å². The molecule has 1 heterocycles. The summed E-state index contributed by atoms with van der Waals surface area (Å²) in [5, 5.41) is 4.12. The van der Waals surface area contributed by atoms with Gasteiger partial charge in [0.25, 0.3) is 0 Å². The molecule has 1 unspecified atom stereocenters. The molecule has 1 aromatic carbocycles. The summed E-state index contributed by atoms with van der Waals surface area (Å²) in [4.78, 5) is 0. The zero-order valence-electron chi connectivity index (χ0n) is 10.3. The molecule has 0 aliphatic carbocycles. The highest BCUT2D eigenvalue weighted by Crippen LogP contribution is 2.27. The van der Waals surface area contributed by atoms with Crippen LogP contribution in [0.2, 0.25) is 0 Å². The van der Waals surface area contributed by atoms with E-state index in [9.17, 15) is 8.78 Å². The zero-order valence-corrected chi connectivity index (χ0v) is 10.3. The first-order chi connectivity index (χ1) is 8.43. The van der Waals surface area contributed by atoms with Crippen molar-refractivity contribution in [2.24, 2.45) is 5.73 Å². The van der Waals surface area contributed by atoms with Crippen LogP contribution >= 0.6 is 0 Å². The Bertz CT molecular complexity index is 541. The van der Waals surface area contributed by atoms with Crippen molar-refractivity contribution < 1.29 is 8.78 Å². The van der Waals surface area contributed by atoms with E-state index in [0.29, 0.717) is 17.7 Å². The summed E-state index contributed by atoms with van der Waals surface area (Å²) in [6.07, 6.45) is 3.40. The highest BCUT2D eigenvalue weighted by Gasteiger charge is 2.26. The predicted octanol–water partition coefficient (Wildman–Crippen LogP) is 2.40. The Hall–Kier alpha value is -1.75. The Labute approximate surface area is 104 Å². The quantitative estimate of drug-likeness (QED) is 0.910. The molecule has 0 radical (unpaired) electrons. The van der Waals surface area contributed by atoms with Crippen molar-refractivity contribution in [2.75, 3.05) is 0 Å². The Balaban J connectivity index is 2.46. The van der Waals surface area contributed by atoms with Crippen LogP contribution in [-0.2, 0) is 12.1 Å². The van der Waals surface area contributed by atoms with Crippen LogP contribution < -0.4 is 5.73 Å². The molecule has 0 aliphatic heterocycles. The Kier molecular flexibility index (Phi) is 3.17. The van der Waals surface area contributed by atoms with Crippen molar-refractivity contribution in [3.05, 3.63) is 53.4 Å². The van der Waals surface area contributed by atoms with E-state index in [1.165, 1.54) is 12.1 Å². The fraction of sp³-hybridized carbons (Fsp3) is 0.308. The second-order valence-corrected chi connectivity index (χ2v) is 4.45. The van der Waals surface area contributed by atoms with Gasteiger partial charge in [-0.1, -0.05) is 0 Å². The number of nitrogens with two attached hydrogens (primary N) is 1. The molecule has 0 amide bonds. The van der Waals surface area contributed by atoms with Gasteiger partial charge in [-0.2, -0.15) is 5.10 Å². The van der Waals surface area contributed by atoms with E-state index in [1.807, 2.05) is 6.92 Å². The Morgan fingerprint density at radius 1 is 1.22 bits per heavy atom. The van der Waals surface area contributed by atoms with Crippen LogP contribution in [-0.4, -0.2) is 9.78 Å². The summed E-state index contributed by atoms with van der Waals surface area (Å²) in [7, 11) is 0. The molecular formula is C13H15F2N3. The molecule has 3 nitrogen and oxygen atoms in total.